The van der Waals surface area contributed by atoms with Crippen molar-refractivity contribution >= 4 is 17.1 Å². The van der Waals surface area contributed by atoms with E-state index in [-0.39, 0.29) is 0 Å². The highest BCUT2D eigenvalue weighted by molar-refractivity contribution is 6.66. The van der Waals surface area contributed by atoms with Crippen LogP contribution in [0.2, 0.25) is 25.2 Å². The molecule has 25 heavy (non-hydrogen) atoms. The molecule has 0 radical (unpaired) electrons. The van der Waals surface area contributed by atoms with Gasteiger partial charge in [0.25, 0.3) is 0 Å². The number of hydrogen-bond donors (Lipinski definition) is 0. The van der Waals surface area contributed by atoms with Crippen molar-refractivity contribution in [3.05, 3.63) is 0 Å². The minimum atomic E-state index is -1.94. The second kappa shape index (κ2) is 16.7. The molecule has 0 aliphatic heterocycles. The lowest BCUT2D eigenvalue weighted by Crippen LogP contribution is -2.38. The summed E-state index contributed by atoms with van der Waals surface area (Å²) in [5.41, 5.74) is 0. The highest BCUT2D eigenvalue weighted by Crippen LogP contribution is 2.17. The maximum atomic E-state index is 8.41. The third-order valence-corrected chi connectivity index (χ3v) is 9.70. The molecule has 6 nitrogen and oxygen atoms in total. The molecule has 0 aliphatic carbocycles. The van der Waals surface area contributed by atoms with Crippen LogP contribution < -0.4 is 0 Å². The van der Waals surface area contributed by atoms with Crippen molar-refractivity contribution in [2.24, 2.45) is 0 Å². The Hall–Kier alpha value is -0.746. The Bertz CT molecular complexity index is 393. The van der Waals surface area contributed by atoms with E-state index < -0.39 is 17.1 Å². The Balaban J connectivity index is 0. The lowest BCUT2D eigenvalue weighted by Gasteiger charge is -2.25. The zero-order valence-corrected chi connectivity index (χ0v) is 18.9. The average molecular weight is 389 g/mol. The van der Waals surface area contributed by atoms with E-state index in [1.807, 2.05) is 27.3 Å². The molecular formula is C17H36N2O4Si2. The van der Waals surface area contributed by atoms with E-state index in [4.69, 9.17) is 28.2 Å². The fourth-order valence-electron chi connectivity index (χ4n) is 2.31. The molecule has 1 atom stereocenters. The van der Waals surface area contributed by atoms with Gasteiger partial charge in [0, 0.05) is 39.8 Å². The maximum absolute atomic E-state index is 8.41. The normalized spacial score (nSPS) is 13.1. The van der Waals surface area contributed by atoms with Crippen molar-refractivity contribution in [3.63, 3.8) is 0 Å². The first-order chi connectivity index (χ1) is 11.9. The summed E-state index contributed by atoms with van der Waals surface area (Å²) in [6, 6.07) is 6.08. The monoisotopic (exact) mass is 388 g/mol. The van der Waals surface area contributed by atoms with Gasteiger partial charge in [0.2, 0.25) is 0 Å². The van der Waals surface area contributed by atoms with Crippen LogP contribution in [0.4, 0.5) is 0 Å². The van der Waals surface area contributed by atoms with Gasteiger partial charge in [-0.05, 0) is 58.8 Å². The van der Waals surface area contributed by atoms with E-state index in [2.05, 4.69) is 18.7 Å². The minimum absolute atomic E-state index is 0.596. The second-order valence-corrected chi connectivity index (χ2v) is 12.6. The summed E-state index contributed by atoms with van der Waals surface area (Å²) < 4.78 is 22.1. The van der Waals surface area contributed by atoms with Gasteiger partial charge in [-0.25, -0.2) is 0 Å². The molecule has 0 spiro atoms. The highest BCUT2D eigenvalue weighted by atomic mass is 28.4. The van der Waals surface area contributed by atoms with Gasteiger partial charge in [-0.3, -0.25) is 0 Å². The SMILES string of the molecule is CCO[Si](C)(CCCC#N)OC.CCO[Si](C)(CCCC#N)OCC. The van der Waals surface area contributed by atoms with E-state index in [1.54, 1.807) is 7.11 Å². The predicted molar refractivity (Wildman–Crippen MR) is 104 cm³/mol. The van der Waals surface area contributed by atoms with Crippen molar-refractivity contribution in [3.8, 4) is 12.1 Å². The number of nitrogens with zero attached hydrogens (tertiary/aromatic N) is 2. The predicted octanol–water partition coefficient (Wildman–Crippen LogP) is 4.48. The molecule has 0 aromatic heterocycles. The van der Waals surface area contributed by atoms with Crippen LogP contribution in [0.3, 0.4) is 0 Å². The average Bonchev–Trinajstić information content (AvgIpc) is 2.57. The summed E-state index contributed by atoms with van der Waals surface area (Å²) in [6.07, 6.45) is 2.97. The van der Waals surface area contributed by atoms with Crippen LogP contribution in [0.25, 0.3) is 0 Å². The smallest absolute Gasteiger partial charge is 0.334 e. The first-order valence-corrected chi connectivity index (χ1v) is 14.1. The summed E-state index contributed by atoms with van der Waals surface area (Å²) in [5, 5.41) is 16.8. The molecule has 1 unspecified atom stereocenters. The number of rotatable bonds is 13. The van der Waals surface area contributed by atoms with Gasteiger partial charge in [-0.1, -0.05) is 0 Å². The Morgan fingerprint density at radius 2 is 1.08 bits per heavy atom. The van der Waals surface area contributed by atoms with Gasteiger partial charge < -0.3 is 17.7 Å². The van der Waals surface area contributed by atoms with Gasteiger partial charge in [-0.15, -0.1) is 0 Å². The molecule has 0 bridgehead atoms. The Kier molecular flexibility index (Phi) is 17.7. The fraction of sp³-hybridized carbons (Fsp3) is 0.882. The summed E-state index contributed by atoms with van der Waals surface area (Å²) >= 11 is 0. The van der Waals surface area contributed by atoms with Crippen molar-refractivity contribution in [1.29, 1.82) is 10.5 Å². The van der Waals surface area contributed by atoms with E-state index in [0.29, 0.717) is 32.7 Å². The number of unbranched alkanes of at least 4 members (excludes halogenated alkanes) is 2. The van der Waals surface area contributed by atoms with Gasteiger partial charge in [0.1, 0.15) is 0 Å². The standard InChI is InChI=1S/C9H19NO2Si.C8H17NO2Si/c1-4-11-13(3,12-5-2)9-7-6-8-10;1-4-11-12(3,10-2)8-6-5-7-9/h4-7,9H2,1-3H3;4-6,8H2,1-3H3. The molecule has 0 amide bonds. The third kappa shape index (κ3) is 15.2. The van der Waals surface area contributed by atoms with Gasteiger partial charge in [0.05, 0.1) is 12.1 Å². The van der Waals surface area contributed by atoms with Crippen molar-refractivity contribution in [2.45, 2.75) is 71.6 Å². The zero-order valence-electron chi connectivity index (χ0n) is 16.9. The van der Waals surface area contributed by atoms with Crippen LogP contribution in [-0.2, 0) is 17.7 Å². The lowest BCUT2D eigenvalue weighted by atomic mass is 10.4. The van der Waals surface area contributed by atoms with E-state index in [0.717, 1.165) is 24.9 Å². The molecule has 8 heteroatoms. The summed E-state index contributed by atoms with van der Waals surface area (Å²) in [5.74, 6) is 0. The molecule has 0 aliphatic rings. The topological polar surface area (TPSA) is 84.5 Å². The summed E-state index contributed by atoms with van der Waals surface area (Å²) in [7, 11) is -2.16. The molecule has 0 N–H and O–H groups in total. The molecule has 0 saturated carbocycles. The molecular weight excluding hydrogens is 352 g/mol. The van der Waals surface area contributed by atoms with E-state index >= 15 is 0 Å². The summed E-state index contributed by atoms with van der Waals surface area (Å²) in [6.45, 7) is 12.1. The van der Waals surface area contributed by atoms with Gasteiger partial charge in [0.15, 0.2) is 0 Å². The van der Waals surface area contributed by atoms with Crippen LogP contribution in [-0.4, -0.2) is 44.1 Å². The van der Waals surface area contributed by atoms with Crippen LogP contribution in [0.1, 0.15) is 46.5 Å². The Morgan fingerprint density at radius 1 is 0.720 bits per heavy atom. The first-order valence-electron chi connectivity index (χ1n) is 9.07. The van der Waals surface area contributed by atoms with Crippen molar-refractivity contribution < 1.29 is 17.7 Å². The van der Waals surface area contributed by atoms with Crippen LogP contribution in [0, 0.1) is 22.7 Å². The van der Waals surface area contributed by atoms with Crippen LogP contribution in [0.15, 0.2) is 0 Å². The Morgan fingerprint density at radius 3 is 1.40 bits per heavy atom. The van der Waals surface area contributed by atoms with Crippen molar-refractivity contribution in [1.82, 2.24) is 0 Å². The van der Waals surface area contributed by atoms with Gasteiger partial charge >= 0.3 is 17.1 Å². The molecule has 146 valence electrons. The largest absolute Gasteiger partial charge is 0.398 e. The van der Waals surface area contributed by atoms with Crippen molar-refractivity contribution in [2.75, 3.05) is 26.9 Å². The third-order valence-electron chi connectivity index (χ3n) is 3.62. The number of hydrogen-bond acceptors (Lipinski definition) is 6. The zero-order chi connectivity index (χ0) is 19.6. The fourth-order valence-corrected chi connectivity index (χ4v) is 6.62. The molecule has 0 saturated heterocycles. The Labute approximate surface area is 156 Å². The molecule has 0 heterocycles. The molecule has 0 aromatic carbocycles. The lowest BCUT2D eigenvalue weighted by molar-refractivity contribution is 0.188. The molecule has 0 aromatic rings. The van der Waals surface area contributed by atoms with Gasteiger partial charge in [-0.2, -0.15) is 10.5 Å². The van der Waals surface area contributed by atoms with E-state index in [1.165, 1.54) is 0 Å². The number of nitriles is 2. The first kappa shape index (κ1) is 26.5. The molecule has 0 rings (SSSR count). The maximum Gasteiger partial charge on any atom is 0.334 e. The second-order valence-electron chi connectivity index (χ2n) is 5.79. The van der Waals surface area contributed by atoms with Crippen LogP contribution in [0.5, 0.6) is 0 Å². The van der Waals surface area contributed by atoms with Crippen LogP contribution >= 0.6 is 0 Å². The van der Waals surface area contributed by atoms with E-state index in [9.17, 15) is 0 Å². The minimum Gasteiger partial charge on any atom is -0.398 e. The highest BCUT2D eigenvalue weighted by Gasteiger charge is 2.29. The summed E-state index contributed by atoms with van der Waals surface area (Å²) in [4.78, 5) is 0. The quantitative estimate of drug-likeness (QED) is 0.341. The molecule has 0 fully saturated rings.